The van der Waals surface area contributed by atoms with E-state index < -0.39 is 0 Å². The Morgan fingerprint density at radius 3 is 2.17 bits per heavy atom. The molecule has 2 atom stereocenters. The van der Waals surface area contributed by atoms with E-state index in [0.717, 1.165) is 23.4 Å². The smallest absolute Gasteiger partial charge is 0.228 e. The van der Waals surface area contributed by atoms with Crippen LogP contribution in [0.5, 0.6) is 5.75 Å². The van der Waals surface area contributed by atoms with Gasteiger partial charge in [0, 0.05) is 12.2 Å². The number of hydrogen-bond donors (Lipinski definition) is 2. The van der Waals surface area contributed by atoms with Gasteiger partial charge >= 0.3 is 0 Å². The third-order valence-electron chi connectivity index (χ3n) is 5.35. The molecule has 2 aromatic carbocycles. The summed E-state index contributed by atoms with van der Waals surface area (Å²) in [7, 11) is 1.64. The number of nitrogens with one attached hydrogen (secondary N) is 2. The Balaban J connectivity index is 1.42. The van der Waals surface area contributed by atoms with Crippen molar-refractivity contribution in [2.45, 2.75) is 39.0 Å². The van der Waals surface area contributed by atoms with Crippen LogP contribution in [-0.2, 0) is 21.4 Å². The molecule has 0 aliphatic heterocycles. The lowest BCUT2D eigenvalue weighted by Gasteiger charge is -2.19. The van der Waals surface area contributed by atoms with Crippen molar-refractivity contribution in [3.63, 3.8) is 0 Å². The zero-order valence-corrected chi connectivity index (χ0v) is 17.6. The van der Waals surface area contributed by atoms with E-state index in [4.69, 9.17) is 4.74 Å². The van der Waals surface area contributed by atoms with E-state index in [1.807, 2.05) is 48.5 Å². The summed E-state index contributed by atoms with van der Waals surface area (Å²) in [5.74, 6) is 0.237. The summed E-state index contributed by atoms with van der Waals surface area (Å²) in [5.41, 5.74) is 3.20. The highest BCUT2D eigenvalue weighted by Crippen LogP contribution is 2.39. The molecule has 0 aromatic heterocycles. The predicted octanol–water partition coefficient (Wildman–Crippen LogP) is 3.93. The van der Waals surface area contributed by atoms with Gasteiger partial charge in [-0.25, -0.2) is 0 Å². The summed E-state index contributed by atoms with van der Waals surface area (Å²) in [6.45, 7) is 7.03. The highest BCUT2D eigenvalue weighted by Gasteiger charge is 2.47. The van der Waals surface area contributed by atoms with Crippen molar-refractivity contribution < 1.29 is 14.3 Å². The Kier molecular flexibility index (Phi) is 6.26. The predicted molar refractivity (Wildman–Crippen MR) is 115 cm³/mol. The molecule has 5 heteroatoms. The molecule has 0 heterocycles. The first-order valence-electron chi connectivity index (χ1n) is 10.1. The van der Waals surface area contributed by atoms with Crippen LogP contribution in [0.15, 0.2) is 48.5 Å². The molecule has 2 aromatic rings. The molecule has 5 nitrogen and oxygen atoms in total. The fraction of sp³-hybridized carbons (Fsp3) is 0.417. The van der Waals surface area contributed by atoms with Crippen molar-refractivity contribution in [3.05, 3.63) is 59.7 Å². The van der Waals surface area contributed by atoms with Crippen molar-refractivity contribution >= 4 is 17.5 Å². The number of carbonyl (C=O) groups is 2. The first-order chi connectivity index (χ1) is 13.8. The van der Waals surface area contributed by atoms with Crippen LogP contribution >= 0.6 is 0 Å². The highest BCUT2D eigenvalue weighted by atomic mass is 16.5. The Labute approximate surface area is 172 Å². The van der Waals surface area contributed by atoms with Gasteiger partial charge in [-0.15, -0.1) is 0 Å². The van der Waals surface area contributed by atoms with Gasteiger partial charge in [-0.3, -0.25) is 9.59 Å². The van der Waals surface area contributed by atoms with Crippen molar-refractivity contribution in [1.29, 1.82) is 0 Å². The lowest BCUT2D eigenvalue weighted by Crippen LogP contribution is -2.29. The van der Waals surface area contributed by atoms with Crippen LogP contribution in [0.1, 0.15) is 38.3 Å². The second-order valence-electron chi connectivity index (χ2n) is 8.65. The van der Waals surface area contributed by atoms with E-state index in [9.17, 15) is 9.59 Å². The van der Waals surface area contributed by atoms with Crippen LogP contribution in [-0.4, -0.2) is 25.5 Å². The van der Waals surface area contributed by atoms with Crippen molar-refractivity contribution in [1.82, 2.24) is 5.32 Å². The summed E-state index contributed by atoms with van der Waals surface area (Å²) >= 11 is 0. The summed E-state index contributed by atoms with van der Waals surface area (Å²) in [6, 6.07) is 15.7. The number of carbonyl (C=O) groups excluding carboxylic acids is 2. The summed E-state index contributed by atoms with van der Waals surface area (Å²) < 4.78 is 5.14. The molecular weight excluding hydrogens is 364 g/mol. The molecule has 1 aliphatic carbocycles. The SMILES string of the molecule is COc1ccc(CCNC(=O)C2CC2C(=O)Nc2ccc(C(C)(C)C)cc2)cc1. The molecule has 2 amide bonds. The highest BCUT2D eigenvalue weighted by molar-refractivity contribution is 5.99. The summed E-state index contributed by atoms with van der Waals surface area (Å²) in [6.07, 6.45) is 1.36. The van der Waals surface area contributed by atoms with Crippen molar-refractivity contribution in [2.24, 2.45) is 11.8 Å². The number of methoxy groups -OCH3 is 1. The number of rotatable bonds is 7. The lowest BCUT2D eigenvalue weighted by molar-refractivity contribution is -0.125. The van der Waals surface area contributed by atoms with Crippen LogP contribution in [0.25, 0.3) is 0 Å². The van der Waals surface area contributed by atoms with Crippen LogP contribution in [0.2, 0.25) is 0 Å². The van der Waals surface area contributed by atoms with Gasteiger partial charge in [-0.2, -0.15) is 0 Å². The minimum Gasteiger partial charge on any atom is -0.497 e. The van der Waals surface area contributed by atoms with Gasteiger partial charge < -0.3 is 15.4 Å². The average Bonchev–Trinajstić information content (AvgIpc) is 3.49. The van der Waals surface area contributed by atoms with Crippen molar-refractivity contribution in [3.8, 4) is 5.75 Å². The Morgan fingerprint density at radius 1 is 0.966 bits per heavy atom. The molecule has 29 heavy (non-hydrogen) atoms. The average molecular weight is 395 g/mol. The van der Waals surface area contributed by atoms with Crippen LogP contribution in [0.3, 0.4) is 0 Å². The summed E-state index contributed by atoms with van der Waals surface area (Å²) in [5, 5.41) is 5.87. The van der Waals surface area contributed by atoms with Crippen LogP contribution in [0.4, 0.5) is 5.69 Å². The fourth-order valence-corrected chi connectivity index (χ4v) is 3.32. The molecule has 0 bridgehead atoms. The molecule has 3 rings (SSSR count). The van der Waals surface area contributed by atoms with E-state index >= 15 is 0 Å². The molecule has 2 N–H and O–H groups in total. The maximum atomic E-state index is 12.4. The molecule has 1 aliphatic rings. The maximum absolute atomic E-state index is 12.4. The number of ether oxygens (including phenoxy) is 1. The van der Waals surface area contributed by atoms with E-state index in [1.54, 1.807) is 7.11 Å². The third-order valence-corrected chi connectivity index (χ3v) is 5.35. The van der Waals surface area contributed by atoms with E-state index in [1.165, 1.54) is 5.56 Å². The topological polar surface area (TPSA) is 67.4 Å². The largest absolute Gasteiger partial charge is 0.497 e. The number of benzene rings is 2. The minimum absolute atomic E-state index is 0.0401. The molecule has 1 fully saturated rings. The van der Waals surface area contributed by atoms with Crippen LogP contribution < -0.4 is 15.4 Å². The van der Waals surface area contributed by atoms with Gasteiger partial charge in [-0.05, 0) is 53.6 Å². The zero-order chi connectivity index (χ0) is 21.0. The van der Waals surface area contributed by atoms with Gasteiger partial charge in [0.25, 0.3) is 0 Å². The van der Waals surface area contributed by atoms with Crippen molar-refractivity contribution in [2.75, 3.05) is 19.0 Å². The molecule has 2 unspecified atom stereocenters. The number of hydrogen-bond acceptors (Lipinski definition) is 3. The van der Waals surface area contributed by atoms with Gasteiger partial charge in [0.05, 0.1) is 18.9 Å². The van der Waals surface area contributed by atoms with E-state index in [0.29, 0.717) is 13.0 Å². The van der Waals surface area contributed by atoms with E-state index in [-0.39, 0.29) is 29.1 Å². The molecular formula is C24H30N2O3. The zero-order valence-electron chi connectivity index (χ0n) is 17.6. The molecule has 154 valence electrons. The Bertz CT molecular complexity index is 851. The maximum Gasteiger partial charge on any atom is 0.228 e. The van der Waals surface area contributed by atoms with Gasteiger partial charge in [0.15, 0.2) is 0 Å². The first kappa shape index (κ1) is 20.9. The minimum atomic E-state index is -0.238. The Morgan fingerprint density at radius 2 is 1.59 bits per heavy atom. The lowest BCUT2D eigenvalue weighted by atomic mass is 9.87. The van der Waals surface area contributed by atoms with Gasteiger partial charge in [-0.1, -0.05) is 45.0 Å². The second kappa shape index (κ2) is 8.68. The summed E-state index contributed by atoms with van der Waals surface area (Å²) in [4.78, 5) is 24.7. The molecule has 0 spiro atoms. The standard InChI is InChI=1S/C24H30N2O3/c1-24(2,3)17-7-9-18(10-8-17)26-23(28)21-15-20(21)22(27)25-14-13-16-5-11-19(29-4)12-6-16/h5-12,20-21H,13-15H2,1-4H3,(H,25,27)(H,26,28). The molecule has 0 radical (unpaired) electrons. The number of amides is 2. The monoisotopic (exact) mass is 394 g/mol. The number of anilines is 1. The third kappa shape index (κ3) is 5.59. The van der Waals surface area contributed by atoms with Crippen LogP contribution in [0, 0.1) is 11.8 Å². The quantitative estimate of drug-likeness (QED) is 0.748. The normalized spacial score (nSPS) is 18.1. The Hall–Kier alpha value is -2.82. The van der Waals surface area contributed by atoms with Gasteiger partial charge in [0.1, 0.15) is 5.75 Å². The second-order valence-corrected chi connectivity index (χ2v) is 8.65. The van der Waals surface area contributed by atoms with E-state index in [2.05, 4.69) is 31.4 Å². The molecule has 1 saturated carbocycles. The fourth-order valence-electron chi connectivity index (χ4n) is 3.32. The van der Waals surface area contributed by atoms with Gasteiger partial charge in [0.2, 0.25) is 11.8 Å². The molecule has 0 saturated heterocycles. The first-order valence-corrected chi connectivity index (χ1v) is 10.1.